The van der Waals surface area contributed by atoms with Crippen molar-refractivity contribution in [1.29, 1.82) is 0 Å². The zero-order valence-corrected chi connectivity index (χ0v) is 20.3. The molecule has 0 amide bonds. The van der Waals surface area contributed by atoms with Crippen LogP contribution in [0.2, 0.25) is 5.71 Å². The molecule has 176 valence electrons. The molecular weight excluding hydrogens is 467 g/mol. The van der Waals surface area contributed by atoms with Crippen LogP contribution in [0.5, 0.6) is 0 Å². The summed E-state index contributed by atoms with van der Waals surface area (Å²) < 4.78 is 24.8. The van der Waals surface area contributed by atoms with Gasteiger partial charge in [0.25, 0.3) is 0 Å². The summed E-state index contributed by atoms with van der Waals surface area (Å²) in [6, 6.07) is 0. The van der Waals surface area contributed by atoms with E-state index in [2.05, 4.69) is 6.92 Å². The second kappa shape index (κ2) is 8.23. The fourth-order valence-corrected chi connectivity index (χ4v) is 7.28. The van der Waals surface area contributed by atoms with Crippen LogP contribution in [0.15, 0.2) is 11.6 Å². The predicted molar refractivity (Wildman–Crippen MR) is 112 cm³/mol. The van der Waals surface area contributed by atoms with E-state index in [0.717, 1.165) is 31.4 Å². The van der Waals surface area contributed by atoms with E-state index in [0.29, 0.717) is 19.3 Å². The first-order valence-electron chi connectivity index (χ1n) is 11.0. The minimum atomic E-state index is -4.12. The van der Waals surface area contributed by atoms with Crippen LogP contribution in [-0.4, -0.2) is 67.6 Å². The summed E-state index contributed by atoms with van der Waals surface area (Å²) >= 11 is -4.12. The number of ketones is 2. The molecule has 7 atom stereocenters. The van der Waals surface area contributed by atoms with Crippen LogP contribution in [0.1, 0.15) is 58.8 Å². The third-order valence-corrected chi connectivity index (χ3v) is 8.65. The minimum absolute atomic E-state index is 0.0697. The Morgan fingerprint density at radius 3 is 2.39 bits per heavy atom. The van der Waals surface area contributed by atoms with Crippen LogP contribution in [0.25, 0.3) is 0 Å². The van der Waals surface area contributed by atoms with E-state index in [1.54, 1.807) is 6.08 Å². The van der Waals surface area contributed by atoms with Crippen molar-refractivity contribution in [2.75, 3.05) is 6.61 Å². The van der Waals surface area contributed by atoms with E-state index in [1.165, 1.54) is 5.57 Å². The van der Waals surface area contributed by atoms with Gasteiger partial charge in [-0.3, -0.25) is 9.59 Å². The molecule has 0 radical (unpaired) electrons. The molecule has 0 aromatic heterocycles. The normalized spacial score (nSPS) is 44.3. The van der Waals surface area contributed by atoms with Crippen LogP contribution in [0.3, 0.4) is 0 Å². The molecule has 8 nitrogen and oxygen atoms in total. The van der Waals surface area contributed by atoms with Gasteiger partial charge in [-0.25, -0.2) is 0 Å². The van der Waals surface area contributed by atoms with Gasteiger partial charge in [0.2, 0.25) is 0 Å². The Hall–Kier alpha value is -0.762. The summed E-state index contributed by atoms with van der Waals surface area (Å²) in [5.41, 5.74) is -0.317. The van der Waals surface area contributed by atoms with Crippen molar-refractivity contribution in [1.82, 2.24) is 0 Å². The Labute approximate surface area is 185 Å². The summed E-state index contributed by atoms with van der Waals surface area (Å²) in [4.78, 5) is 24.3. The molecule has 4 aliphatic carbocycles. The van der Waals surface area contributed by atoms with Crippen LogP contribution >= 0.6 is 0 Å². The van der Waals surface area contributed by atoms with Crippen LogP contribution in [0, 0.1) is 28.6 Å². The molecule has 0 aromatic carbocycles. The molecule has 0 spiro atoms. The number of allylic oxidation sites excluding steroid dienone is 1. The molecule has 0 unspecified atom stereocenters. The number of aliphatic hydroxyl groups excluding tert-OH is 2. The molecule has 0 saturated heterocycles. The quantitative estimate of drug-likeness (QED) is 0.347. The summed E-state index contributed by atoms with van der Waals surface area (Å²) in [5.74, 6) is 0.140. The third kappa shape index (κ3) is 4.16. The number of rotatable bonds is 2. The average Bonchev–Trinajstić information content (AvgIpc) is 2.91. The van der Waals surface area contributed by atoms with E-state index in [4.69, 9.17) is 8.19 Å². The number of fused-ring (bicyclic) bond motifs is 5. The van der Waals surface area contributed by atoms with Gasteiger partial charge in [0, 0.05) is 11.8 Å². The zero-order chi connectivity index (χ0) is 23.4. The second-order valence-corrected chi connectivity index (χ2v) is 13.9. The number of hydrogen-bond donors (Lipinski definition) is 5. The van der Waals surface area contributed by atoms with Gasteiger partial charge in [0.1, 0.15) is 12.2 Å². The molecule has 5 N–H and O–H groups in total. The van der Waals surface area contributed by atoms with Crippen molar-refractivity contribution >= 4 is 25.7 Å². The monoisotopic (exact) mass is 502 g/mol. The Kier molecular flexibility index (Phi) is 6.60. The van der Waals surface area contributed by atoms with Gasteiger partial charge in [0.15, 0.2) is 11.6 Å². The maximum absolute atomic E-state index is 12.4. The number of carbonyl (C=O) groups excluding carboxylic acids is 2. The average molecular weight is 502 g/mol. The Morgan fingerprint density at radius 2 is 1.81 bits per heavy atom. The zero-order valence-electron chi connectivity index (χ0n) is 18.5. The molecule has 3 saturated carbocycles. The SMILES string of the molecule is C[As](=O)(O)O.C[C@]12CCC(=O)C=C1CC[C@@H]1[C@@H]2[C@@H](O)C[C@@]2(C)[C@H]1CC[C@]2(O)C(=O)CO. The van der Waals surface area contributed by atoms with Gasteiger partial charge in [-0.05, 0) is 67.8 Å². The molecule has 4 rings (SSSR count). The first kappa shape index (κ1) is 24.9. The van der Waals surface area contributed by atoms with Crippen LogP contribution < -0.4 is 0 Å². The smallest absolute Gasteiger partial charge is 0.190 e. The van der Waals surface area contributed by atoms with E-state index >= 15 is 0 Å². The third-order valence-electron chi connectivity index (χ3n) is 8.65. The molecule has 9 heteroatoms. The molecule has 0 aliphatic heterocycles. The van der Waals surface area contributed by atoms with Gasteiger partial charge in [-0.1, -0.05) is 19.4 Å². The topological polar surface area (TPSA) is 152 Å². The fraction of sp³-hybridized carbons (Fsp3) is 0.818. The van der Waals surface area contributed by atoms with E-state index in [9.17, 15) is 28.6 Å². The van der Waals surface area contributed by atoms with Crippen LogP contribution in [-0.2, 0) is 13.3 Å². The molecule has 3 fully saturated rings. The number of hydrogen-bond acceptors (Lipinski definition) is 6. The van der Waals surface area contributed by atoms with Gasteiger partial charge in [-0.2, -0.15) is 0 Å². The fourth-order valence-electron chi connectivity index (χ4n) is 7.28. The van der Waals surface area contributed by atoms with E-state index < -0.39 is 43.7 Å². The first-order chi connectivity index (χ1) is 14.2. The van der Waals surface area contributed by atoms with Gasteiger partial charge in [-0.15, -0.1) is 0 Å². The summed E-state index contributed by atoms with van der Waals surface area (Å²) in [7, 11) is 0. The number of carbonyl (C=O) groups is 2. The number of Topliss-reactive ketones (excluding diaryl/α,β-unsaturated/α-hetero) is 1. The van der Waals surface area contributed by atoms with Crippen molar-refractivity contribution in [2.24, 2.45) is 28.6 Å². The predicted octanol–water partition coefficient (Wildman–Crippen LogP) is 0.752. The Morgan fingerprint density at radius 1 is 1.19 bits per heavy atom. The second-order valence-electron chi connectivity index (χ2n) is 10.4. The van der Waals surface area contributed by atoms with Gasteiger partial charge < -0.3 is 15.3 Å². The maximum Gasteiger partial charge on any atom is 0.190 e. The van der Waals surface area contributed by atoms with Crippen molar-refractivity contribution < 1.29 is 36.8 Å². The minimum Gasteiger partial charge on any atom is -0.393 e. The Balaban J connectivity index is 0.000000491. The van der Waals surface area contributed by atoms with Crippen molar-refractivity contribution in [2.45, 2.75) is 76.2 Å². The van der Waals surface area contributed by atoms with Crippen molar-refractivity contribution in [3.8, 4) is 0 Å². The molecule has 0 bridgehead atoms. The van der Waals surface area contributed by atoms with Gasteiger partial charge in [0.05, 0.1) is 6.10 Å². The van der Waals surface area contributed by atoms with Crippen LogP contribution in [0.4, 0.5) is 0 Å². The molecular formula is C22H35AsO8. The number of aliphatic hydroxyl groups is 3. The van der Waals surface area contributed by atoms with Gasteiger partial charge >= 0.3 is 31.8 Å². The van der Waals surface area contributed by atoms with Crippen molar-refractivity contribution in [3.05, 3.63) is 11.6 Å². The molecule has 0 heterocycles. The first-order valence-corrected chi connectivity index (χ1v) is 15.3. The maximum atomic E-state index is 12.4. The molecule has 0 aromatic rings. The Bertz CT molecular complexity index is 825. The molecule has 4 aliphatic rings. The largest absolute Gasteiger partial charge is 0.393 e. The van der Waals surface area contributed by atoms with Crippen molar-refractivity contribution in [3.63, 3.8) is 0 Å². The molecule has 31 heavy (non-hydrogen) atoms. The summed E-state index contributed by atoms with van der Waals surface area (Å²) in [6.07, 6.45) is 5.74. The standard InChI is InChI=1S/C21H30O5.CH5AsO3/c1-19-7-5-13(23)9-12(19)3-4-14-15-6-8-21(26,17(25)11-22)20(15,2)10-16(24)18(14)19;1-2(3,4)5/h9,14-16,18,22,24,26H,3-8,10-11H2,1-2H3;1H3,(H2,3,4,5)/t14-,15-,16-,18+,19-,20-,21-;/m0./s1. The summed E-state index contributed by atoms with van der Waals surface area (Å²) in [5, 5.41) is 31.7. The van der Waals surface area contributed by atoms with E-state index in [-0.39, 0.29) is 29.0 Å². The summed E-state index contributed by atoms with van der Waals surface area (Å²) in [6.45, 7) is 3.46. The van der Waals surface area contributed by atoms with E-state index in [1.807, 2.05) is 6.92 Å².